The second-order valence-electron chi connectivity index (χ2n) is 7.18. The quantitative estimate of drug-likeness (QED) is 0.585. The number of allylic oxidation sites excluding steroid dienone is 1. The number of aryl methyl sites for hydroxylation is 1. The molecule has 0 aromatic heterocycles. The average Bonchev–Trinajstić information content (AvgIpc) is 3.21. The number of aliphatic hydroxyl groups is 1. The number of benzene rings is 2. The van der Waals surface area contributed by atoms with Crippen molar-refractivity contribution < 1.29 is 24.2 Å². The molecule has 0 bridgehead atoms. The fourth-order valence-corrected chi connectivity index (χ4v) is 3.11. The Balaban J connectivity index is 0.000000317. The van der Waals surface area contributed by atoms with Crippen LogP contribution in [0.2, 0.25) is 0 Å². The lowest BCUT2D eigenvalue weighted by molar-refractivity contribution is -0.117. The van der Waals surface area contributed by atoms with Crippen LogP contribution in [-0.2, 0) is 17.6 Å². The first-order valence-electron chi connectivity index (χ1n) is 10.8. The Hall–Kier alpha value is -2.79. The Labute approximate surface area is 184 Å². The van der Waals surface area contributed by atoms with Crippen molar-refractivity contribution in [3.8, 4) is 0 Å². The normalized spacial score (nSPS) is 16.2. The van der Waals surface area contributed by atoms with Crippen molar-refractivity contribution in [2.75, 3.05) is 0 Å². The minimum atomic E-state index is -0.868. The molecule has 1 aliphatic carbocycles. The summed E-state index contributed by atoms with van der Waals surface area (Å²) >= 11 is 0. The summed E-state index contributed by atoms with van der Waals surface area (Å²) in [5.74, 6) is -0.557. The summed E-state index contributed by atoms with van der Waals surface area (Å²) in [7, 11) is 0. The molecular weight excluding hydrogens is 395 g/mol. The second-order valence-corrected chi connectivity index (χ2v) is 7.18. The van der Waals surface area contributed by atoms with E-state index in [1.807, 2.05) is 39.0 Å². The van der Waals surface area contributed by atoms with E-state index < -0.39 is 12.1 Å². The van der Waals surface area contributed by atoms with Crippen LogP contribution in [0.15, 0.2) is 60.7 Å². The molecular formula is C26H33FO4. The molecule has 31 heavy (non-hydrogen) atoms. The standard InChI is InChI=1S/C15H17FO2.C9H10O2.C2H6/c16-13-5-1-11(2-6-13)9-14(17)7-3-12-4-8-15(18)10-12;1-2-7-3-5-8(6-4-7)9(10)11;1-2/h1-3,5-7,12,14,17H,4,8-10H2;3-6H,2H2,1H3,(H,10,11);1-2H3/b7-3+;;/t12-,14?;;/m0../s1. The van der Waals surface area contributed by atoms with Crippen LogP contribution >= 0.6 is 0 Å². The van der Waals surface area contributed by atoms with Crippen molar-refractivity contribution in [2.45, 2.75) is 59.0 Å². The van der Waals surface area contributed by atoms with Crippen LogP contribution in [-0.4, -0.2) is 28.1 Å². The summed E-state index contributed by atoms with van der Waals surface area (Å²) in [6, 6.07) is 13.1. The summed E-state index contributed by atoms with van der Waals surface area (Å²) in [5, 5.41) is 18.4. The Morgan fingerprint density at radius 3 is 2.16 bits per heavy atom. The Kier molecular flexibility index (Phi) is 12.1. The predicted molar refractivity (Wildman–Crippen MR) is 122 cm³/mol. The summed E-state index contributed by atoms with van der Waals surface area (Å²) in [5.41, 5.74) is 2.41. The van der Waals surface area contributed by atoms with E-state index >= 15 is 0 Å². The fraction of sp³-hybridized carbons (Fsp3) is 0.385. The van der Waals surface area contributed by atoms with Crippen molar-refractivity contribution in [1.82, 2.24) is 0 Å². The molecule has 2 atom stereocenters. The average molecular weight is 429 g/mol. The van der Waals surface area contributed by atoms with E-state index in [4.69, 9.17) is 5.11 Å². The highest BCUT2D eigenvalue weighted by Gasteiger charge is 2.19. The van der Waals surface area contributed by atoms with Crippen LogP contribution in [0, 0.1) is 11.7 Å². The maximum Gasteiger partial charge on any atom is 0.335 e. The SMILES string of the molecule is CC.CCc1ccc(C(=O)O)cc1.O=C1CC[C@H](/C=C/C(O)Cc2ccc(F)cc2)C1. The molecule has 4 nitrogen and oxygen atoms in total. The van der Waals surface area contributed by atoms with Gasteiger partial charge >= 0.3 is 5.97 Å². The third-order valence-electron chi connectivity index (χ3n) is 4.86. The molecule has 1 unspecified atom stereocenters. The van der Waals surface area contributed by atoms with Crippen LogP contribution < -0.4 is 0 Å². The first-order valence-corrected chi connectivity index (χ1v) is 10.8. The first-order chi connectivity index (χ1) is 14.9. The van der Waals surface area contributed by atoms with E-state index in [0.717, 1.165) is 24.0 Å². The molecule has 0 saturated heterocycles. The number of aromatic carboxylic acids is 1. The van der Waals surface area contributed by atoms with Gasteiger partial charge in [0, 0.05) is 19.3 Å². The van der Waals surface area contributed by atoms with E-state index in [-0.39, 0.29) is 11.7 Å². The lowest BCUT2D eigenvalue weighted by Crippen LogP contribution is -2.07. The third kappa shape index (κ3) is 10.2. The predicted octanol–water partition coefficient (Wildman–Crippen LogP) is 5.63. The molecule has 5 heteroatoms. The highest BCUT2D eigenvalue weighted by Crippen LogP contribution is 2.23. The Bertz CT molecular complexity index is 825. The van der Waals surface area contributed by atoms with Crippen LogP contribution in [0.3, 0.4) is 0 Å². The zero-order valence-electron chi connectivity index (χ0n) is 18.6. The van der Waals surface area contributed by atoms with Crippen molar-refractivity contribution in [3.05, 3.63) is 83.2 Å². The van der Waals surface area contributed by atoms with E-state index in [9.17, 15) is 19.1 Å². The van der Waals surface area contributed by atoms with Gasteiger partial charge in [0.1, 0.15) is 11.6 Å². The van der Waals surface area contributed by atoms with Gasteiger partial charge in [-0.05, 0) is 54.2 Å². The van der Waals surface area contributed by atoms with Crippen molar-refractivity contribution in [3.63, 3.8) is 0 Å². The van der Waals surface area contributed by atoms with E-state index in [0.29, 0.717) is 30.6 Å². The molecule has 1 aliphatic rings. The van der Waals surface area contributed by atoms with Crippen LogP contribution in [0.5, 0.6) is 0 Å². The number of hydrogen-bond acceptors (Lipinski definition) is 3. The fourth-order valence-electron chi connectivity index (χ4n) is 3.11. The van der Waals surface area contributed by atoms with Gasteiger partial charge in [-0.2, -0.15) is 0 Å². The molecule has 2 N–H and O–H groups in total. The zero-order chi connectivity index (χ0) is 23.2. The smallest absolute Gasteiger partial charge is 0.335 e. The molecule has 3 rings (SSSR count). The molecule has 1 saturated carbocycles. The number of rotatable bonds is 6. The number of carbonyl (C=O) groups is 2. The molecule has 1 fully saturated rings. The van der Waals surface area contributed by atoms with E-state index in [1.165, 1.54) is 12.1 Å². The number of carboxylic acids is 1. The maximum absolute atomic E-state index is 12.7. The van der Waals surface area contributed by atoms with Gasteiger partial charge in [-0.1, -0.05) is 57.2 Å². The third-order valence-corrected chi connectivity index (χ3v) is 4.86. The summed E-state index contributed by atoms with van der Waals surface area (Å²) in [6.07, 6.45) is 6.65. The molecule has 0 aliphatic heterocycles. The van der Waals surface area contributed by atoms with Crippen LogP contribution in [0.4, 0.5) is 4.39 Å². The van der Waals surface area contributed by atoms with Gasteiger partial charge in [0.2, 0.25) is 0 Å². The molecule has 2 aromatic carbocycles. The van der Waals surface area contributed by atoms with Gasteiger partial charge in [0.25, 0.3) is 0 Å². The Morgan fingerprint density at radius 2 is 1.68 bits per heavy atom. The topological polar surface area (TPSA) is 74.6 Å². The lowest BCUT2D eigenvalue weighted by atomic mass is 10.0. The van der Waals surface area contributed by atoms with Crippen LogP contribution in [0.25, 0.3) is 0 Å². The lowest BCUT2D eigenvalue weighted by Gasteiger charge is -2.07. The summed E-state index contributed by atoms with van der Waals surface area (Å²) < 4.78 is 12.7. The first kappa shape index (κ1) is 26.2. The number of carbonyl (C=O) groups excluding carboxylic acids is 1. The zero-order valence-corrected chi connectivity index (χ0v) is 18.6. The minimum Gasteiger partial charge on any atom is -0.478 e. The number of carboxylic acid groups (broad SMARTS) is 1. The van der Waals surface area contributed by atoms with Gasteiger partial charge < -0.3 is 10.2 Å². The van der Waals surface area contributed by atoms with Gasteiger partial charge in [0.05, 0.1) is 11.7 Å². The monoisotopic (exact) mass is 428 g/mol. The van der Waals surface area contributed by atoms with Gasteiger partial charge in [-0.15, -0.1) is 0 Å². The number of Topliss-reactive ketones (excluding diaryl/α,β-unsaturated/α-hetero) is 1. The van der Waals surface area contributed by atoms with Gasteiger partial charge in [-0.25, -0.2) is 9.18 Å². The number of hydrogen-bond donors (Lipinski definition) is 2. The van der Waals surface area contributed by atoms with Gasteiger partial charge in [0.15, 0.2) is 0 Å². The maximum atomic E-state index is 12.7. The molecule has 0 spiro atoms. The minimum absolute atomic E-state index is 0.270. The highest BCUT2D eigenvalue weighted by molar-refractivity contribution is 5.87. The summed E-state index contributed by atoms with van der Waals surface area (Å²) in [6.45, 7) is 6.04. The number of halogens is 1. The van der Waals surface area contributed by atoms with Crippen molar-refractivity contribution in [1.29, 1.82) is 0 Å². The molecule has 0 amide bonds. The van der Waals surface area contributed by atoms with E-state index in [1.54, 1.807) is 30.3 Å². The highest BCUT2D eigenvalue weighted by atomic mass is 19.1. The molecule has 0 radical (unpaired) electrons. The van der Waals surface area contributed by atoms with Crippen molar-refractivity contribution in [2.24, 2.45) is 5.92 Å². The number of ketones is 1. The van der Waals surface area contributed by atoms with Gasteiger partial charge in [-0.3, -0.25) is 4.79 Å². The second kappa shape index (κ2) is 14.3. The largest absolute Gasteiger partial charge is 0.478 e. The summed E-state index contributed by atoms with van der Waals surface area (Å²) in [4.78, 5) is 21.5. The van der Waals surface area contributed by atoms with E-state index in [2.05, 4.69) is 0 Å². The Morgan fingerprint density at radius 1 is 1.10 bits per heavy atom. The molecule has 0 heterocycles. The van der Waals surface area contributed by atoms with Crippen LogP contribution in [0.1, 0.15) is 61.5 Å². The van der Waals surface area contributed by atoms with Crippen molar-refractivity contribution >= 4 is 11.8 Å². The molecule has 168 valence electrons. The number of aliphatic hydroxyl groups excluding tert-OH is 1. The molecule has 2 aromatic rings.